The average Bonchev–Trinajstić information content (AvgIpc) is 3.21. The van der Waals surface area contributed by atoms with E-state index in [0.717, 1.165) is 12.5 Å². The van der Waals surface area contributed by atoms with Crippen LogP contribution < -0.4 is 5.32 Å². The maximum absolute atomic E-state index is 3.55. The molecule has 20 heavy (non-hydrogen) atoms. The molecule has 0 aromatic heterocycles. The lowest BCUT2D eigenvalue weighted by molar-refractivity contribution is 0.124. The molecule has 1 N–H and O–H groups in total. The van der Waals surface area contributed by atoms with Crippen molar-refractivity contribution in [3.8, 4) is 0 Å². The van der Waals surface area contributed by atoms with E-state index >= 15 is 0 Å². The molecule has 1 atom stereocenters. The molecule has 3 aliphatic rings. The first-order valence-electron chi connectivity index (χ1n) is 8.16. The van der Waals surface area contributed by atoms with E-state index in [1.807, 2.05) is 0 Å². The van der Waals surface area contributed by atoms with E-state index in [0.29, 0.717) is 5.92 Å². The summed E-state index contributed by atoms with van der Waals surface area (Å²) in [5.74, 6) is 1.72. The molecule has 1 aromatic rings. The molecule has 1 aromatic carbocycles. The van der Waals surface area contributed by atoms with E-state index in [1.165, 1.54) is 63.4 Å². The molecule has 0 bridgehead atoms. The van der Waals surface area contributed by atoms with Crippen LogP contribution in [-0.2, 0) is 0 Å². The quantitative estimate of drug-likeness (QED) is 0.906. The van der Waals surface area contributed by atoms with Gasteiger partial charge in [0.2, 0.25) is 0 Å². The maximum Gasteiger partial charge on any atom is 0.0376 e. The highest BCUT2D eigenvalue weighted by Crippen LogP contribution is 2.32. The van der Waals surface area contributed by atoms with Gasteiger partial charge < -0.3 is 15.1 Å². The summed E-state index contributed by atoms with van der Waals surface area (Å²) in [5, 5.41) is 3.55. The van der Waals surface area contributed by atoms with Crippen LogP contribution in [0.5, 0.6) is 0 Å². The van der Waals surface area contributed by atoms with Gasteiger partial charge in [-0.05, 0) is 30.4 Å². The van der Waals surface area contributed by atoms with E-state index < -0.39 is 0 Å². The number of fused-ring (bicyclic) bond motifs is 1. The van der Waals surface area contributed by atoms with Gasteiger partial charge in [0.25, 0.3) is 0 Å². The van der Waals surface area contributed by atoms with Crippen molar-refractivity contribution < 1.29 is 0 Å². The van der Waals surface area contributed by atoms with Crippen molar-refractivity contribution in [2.75, 3.05) is 51.1 Å². The Kier molecular flexibility index (Phi) is 3.41. The van der Waals surface area contributed by atoms with Crippen LogP contribution in [0.25, 0.3) is 0 Å². The molecule has 1 unspecified atom stereocenters. The molecule has 2 heterocycles. The Morgan fingerprint density at radius 1 is 0.950 bits per heavy atom. The second-order valence-corrected chi connectivity index (χ2v) is 6.71. The van der Waals surface area contributed by atoms with Crippen LogP contribution in [0.15, 0.2) is 24.3 Å². The first-order chi connectivity index (χ1) is 9.88. The normalized spacial score (nSPS) is 27.3. The zero-order valence-corrected chi connectivity index (χ0v) is 12.2. The van der Waals surface area contributed by atoms with E-state index in [-0.39, 0.29) is 0 Å². The lowest BCUT2D eigenvalue weighted by Crippen LogP contribution is -2.48. The van der Waals surface area contributed by atoms with Crippen LogP contribution in [0.3, 0.4) is 0 Å². The summed E-state index contributed by atoms with van der Waals surface area (Å²) in [4.78, 5) is 5.34. The van der Waals surface area contributed by atoms with Gasteiger partial charge in [-0.3, -0.25) is 0 Å². The Morgan fingerprint density at radius 3 is 2.40 bits per heavy atom. The van der Waals surface area contributed by atoms with Crippen molar-refractivity contribution in [1.82, 2.24) is 9.80 Å². The number of hydrogen-bond donors (Lipinski definition) is 1. The van der Waals surface area contributed by atoms with E-state index in [1.54, 1.807) is 0 Å². The number of benzene rings is 1. The molecule has 3 heteroatoms. The van der Waals surface area contributed by atoms with Gasteiger partial charge in [-0.25, -0.2) is 0 Å². The molecule has 1 aliphatic carbocycles. The summed E-state index contributed by atoms with van der Waals surface area (Å²) >= 11 is 0. The highest BCUT2D eigenvalue weighted by atomic mass is 15.3. The van der Waals surface area contributed by atoms with Crippen molar-refractivity contribution >= 4 is 5.69 Å². The standard InChI is InChI=1S/C17H25N3/c1-2-4-17-16(3-1)15(11-18-17)13-20-9-7-19(8-10-20)12-14-5-6-14/h1-4,14-15,18H,5-13H2. The Hall–Kier alpha value is -1.06. The van der Waals surface area contributed by atoms with Crippen molar-refractivity contribution in [2.45, 2.75) is 18.8 Å². The minimum absolute atomic E-state index is 0.682. The van der Waals surface area contributed by atoms with Gasteiger partial charge in [-0.1, -0.05) is 18.2 Å². The van der Waals surface area contributed by atoms with Crippen molar-refractivity contribution in [1.29, 1.82) is 0 Å². The second kappa shape index (κ2) is 5.38. The van der Waals surface area contributed by atoms with Crippen molar-refractivity contribution in [3.05, 3.63) is 29.8 Å². The Morgan fingerprint density at radius 2 is 1.65 bits per heavy atom. The minimum atomic E-state index is 0.682. The Balaban J connectivity index is 1.30. The zero-order valence-electron chi connectivity index (χ0n) is 12.2. The molecule has 4 rings (SSSR count). The molecule has 1 saturated carbocycles. The third kappa shape index (κ3) is 2.70. The SMILES string of the molecule is c1ccc2c(c1)NCC2CN1CCN(CC2CC2)CC1. The van der Waals surface area contributed by atoms with E-state index in [9.17, 15) is 0 Å². The lowest BCUT2D eigenvalue weighted by atomic mass is 10.0. The third-order valence-electron chi connectivity index (χ3n) is 5.10. The van der Waals surface area contributed by atoms with E-state index in [2.05, 4.69) is 39.4 Å². The fourth-order valence-electron chi connectivity index (χ4n) is 3.65. The number of hydrogen-bond acceptors (Lipinski definition) is 3. The highest BCUT2D eigenvalue weighted by molar-refractivity contribution is 5.57. The largest absolute Gasteiger partial charge is 0.384 e. The van der Waals surface area contributed by atoms with Gasteiger partial charge in [-0.2, -0.15) is 0 Å². The zero-order chi connectivity index (χ0) is 13.4. The fraction of sp³-hybridized carbons (Fsp3) is 0.647. The molecule has 108 valence electrons. The number of rotatable bonds is 4. The summed E-state index contributed by atoms with van der Waals surface area (Å²) in [7, 11) is 0. The smallest absolute Gasteiger partial charge is 0.0376 e. The predicted molar refractivity (Wildman–Crippen MR) is 83.3 cm³/mol. The van der Waals surface area contributed by atoms with Crippen LogP contribution in [0.2, 0.25) is 0 Å². The summed E-state index contributed by atoms with van der Waals surface area (Å²) in [6, 6.07) is 8.81. The number of para-hydroxylation sites is 1. The Labute approximate surface area is 121 Å². The number of piperazine rings is 1. The summed E-state index contributed by atoms with van der Waals surface area (Å²) < 4.78 is 0. The topological polar surface area (TPSA) is 18.5 Å². The summed E-state index contributed by atoms with van der Waals surface area (Å²) in [6.45, 7) is 8.76. The minimum Gasteiger partial charge on any atom is -0.384 e. The highest BCUT2D eigenvalue weighted by Gasteiger charge is 2.28. The summed E-state index contributed by atoms with van der Waals surface area (Å²) in [5.41, 5.74) is 2.87. The van der Waals surface area contributed by atoms with Gasteiger partial charge in [0.15, 0.2) is 0 Å². The van der Waals surface area contributed by atoms with Crippen LogP contribution in [0, 0.1) is 5.92 Å². The molecule has 0 spiro atoms. The fourth-order valence-corrected chi connectivity index (χ4v) is 3.65. The molecule has 0 amide bonds. The number of anilines is 1. The van der Waals surface area contributed by atoms with E-state index in [4.69, 9.17) is 0 Å². The van der Waals surface area contributed by atoms with Crippen molar-refractivity contribution in [3.63, 3.8) is 0 Å². The predicted octanol–water partition coefficient (Wildman–Crippen LogP) is 2.22. The van der Waals surface area contributed by atoms with Crippen LogP contribution in [0.1, 0.15) is 24.3 Å². The molecule has 0 radical (unpaired) electrons. The second-order valence-electron chi connectivity index (χ2n) is 6.71. The van der Waals surface area contributed by atoms with Gasteiger partial charge in [0, 0.05) is 57.4 Å². The first-order valence-corrected chi connectivity index (χ1v) is 8.16. The molecule has 1 saturated heterocycles. The van der Waals surface area contributed by atoms with Crippen LogP contribution >= 0.6 is 0 Å². The van der Waals surface area contributed by atoms with Gasteiger partial charge in [-0.15, -0.1) is 0 Å². The first kappa shape index (κ1) is 12.7. The molecule has 2 aliphatic heterocycles. The third-order valence-corrected chi connectivity index (χ3v) is 5.10. The van der Waals surface area contributed by atoms with Crippen LogP contribution in [-0.4, -0.2) is 55.6 Å². The van der Waals surface area contributed by atoms with Crippen LogP contribution in [0.4, 0.5) is 5.69 Å². The van der Waals surface area contributed by atoms with Crippen molar-refractivity contribution in [2.24, 2.45) is 5.92 Å². The monoisotopic (exact) mass is 271 g/mol. The maximum atomic E-state index is 3.55. The number of nitrogens with one attached hydrogen (secondary N) is 1. The molecule has 2 fully saturated rings. The van der Waals surface area contributed by atoms with Gasteiger partial charge in [0.05, 0.1) is 0 Å². The van der Waals surface area contributed by atoms with Gasteiger partial charge >= 0.3 is 0 Å². The lowest BCUT2D eigenvalue weighted by Gasteiger charge is -2.36. The molecule has 3 nitrogen and oxygen atoms in total. The van der Waals surface area contributed by atoms with Gasteiger partial charge in [0.1, 0.15) is 0 Å². The molecular weight excluding hydrogens is 246 g/mol. The average molecular weight is 271 g/mol. The Bertz CT molecular complexity index is 461. The molecular formula is C17H25N3. The number of nitrogens with zero attached hydrogens (tertiary/aromatic N) is 2. The summed E-state index contributed by atoms with van der Waals surface area (Å²) in [6.07, 6.45) is 2.95.